The number of likely N-dealkylation sites (tertiary alicyclic amines) is 1. The Hall–Kier alpha value is -1.76. The third-order valence-electron chi connectivity index (χ3n) is 4.65. The predicted octanol–water partition coefficient (Wildman–Crippen LogP) is 3.12. The standard InChI is InChI=1S/C20H31FN4OS/c1-3-23-20(25-12-9-16(10-13-25)15-19(26)22-2)24-11-4-14-27-18-7-5-17(21)6-8-18/h5-8,16H,3-4,9-15H2,1-2H3,(H,22,26)(H,23,24). The highest BCUT2D eigenvalue weighted by Gasteiger charge is 2.22. The summed E-state index contributed by atoms with van der Waals surface area (Å²) in [6.45, 7) is 5.59. The fourth-order valence-electron chi connectivity index (χ4n) is 3.11. The van der Waals surface area contributed by atoms with Crippen molar-refractivity contribution < 1.29 is 9.18 Å². The maximum atomic E-state index is 12.9. The van der Waals surface area contributed by atoms with E-state index < -0.39 is 0 Å². The van der Waals surface area contributed by atoms with E-state index >= 15 is 0 Å². The van der Waals surface area contributed by atoms with Crippen LogP contribution in [0.4, 0.5) is 4.39 Å². The molecule has 1 saturated heterocycles. The highest BCUT2D eigenvalue weighted by molar-refractivity contribution is 7.99. The Bertz CT molecular complexity index is 601. The molecule has 0 unspecified atom stereocenters. The summed E-state index contributed by atoms with van der Waals surface area (Å²) in [7, 11) is 1.70. The second kappa shape index (κ2) is 11.8. The van der Waals surface area contributed by atoms with Crippen LogP contribution in [0.25, 0.3) is 0 Å². The van der Waals surface area contributed by atoms with Gasteiger partial charge in [-0.25, -0.2) is 4.39 Å². The molecular weight excluding hydrogens is 363 g/mol. The first-order valence-corrected chi connectivity index (χ1v) is 10.7. The summed E-state index contributed by atoms with van der Waals surface area (Å²) < 4.78 is 12.9. The quantitative estimate of drug-likeness (QED) is 0.308. The number of carbonyl (C=O) groups excluding carboxylic acids is 1. The van der Waals surface area contributed by atoms with Gasteiger partial charge in [0.05, 0.1) is 0 Å². The van der Waals surface area contributed by atoms with Gasteiger partial charge in [0.1, 0.15) is 5.82 Å². The number of halogens is 1. The van der Waals surface area contributed by atoms with Crippen LogP contribution in [0.1, 0.15) is 32.6 Å². The van der Waals surface area contributed by atoms with E-state index in [1.54, 1.807) is 18.8 Å². The van der Waals surface area contributed by atoms with E-state index in [0.29, 0.717) is 12.3 Å². The Morgan fingerprint density at radius 1 is 1.30 bits per heavy atom. The summed E-state index contributed by atoms with van der Waals surface area (Å²) in [5.41, 5.74) is 0. The first kappa shape index (κ1) is 21.5. The number of nitrogens with one attached hydrogen (secondary N) is 2. The van der Waals surface area contributed by atoms with E-state index in [0.717, 1.165) is 62.0 Å². The smallest absolute Gasteiger partial charge is 0.220 e. The van der Waals surface area contributed by atoms with Crippen molar-refractivity contribution in [1.29, 1.82) is 0 Å². The van der Waals surface area contributed by atoms with Gasteiger partial charge in [-0.1, -0.05) is 0 Å². The number of amides is 1. The number of carbonyl (C=O) groups is 1. The third-order valence-corrected chi connectivity index (χ3v) is 5.75. The molecular formula is C20H31FN4OS. The van der Waals surface area contributed by atoms with E-state index in [1.165, 1.54) is 12.1 Å². The van der Waals surface area contributed by atoms with Crippen molar-refractivity contribution in [1.82, 2.24) is 15.5 Å². The number of guanidine groups is 1. The second-order valence-corrected chi connectivity index (χ2v) is 7.87. The highest BCUT2D eigenvalue weighted by atomic mass is 32.2. The van der Waals surface area contributed by atoms with Crippen LogP contribution in [-0.2, 0) is 4.79 Å². The lowest BCUT2D eigenvalue weighted by Gasteiger charge is -2.34. The van der Waals surface area contributed by atoms with Gasteiger partial charge in [0.2, 0.25) is 5.91 Å². The van der Waals surface area contributed by atoms with Crippen LogP contribution >= 0.6 is 11.8 Å². The number of nitrogens with zero attached hydrogens (tertiary/aromatic N) is 2. The molecule has 0 saturated carbocycles. The number of piperidine rings is 1. The summed E-state index contributed by atoms with van der Waals surface area (Å²) >= 11 is 1.73. The third kappa shape index (κ3) is 7.79. The Kier molecular flexibility index (Phi) is 9.45. The van der Waals surface area contributed by atoms with Gasteiger partial charge >= 0.3 is 0 Å². The molecule has 0 spiro atoms. The molecule has 0 aliphatic carbocycles. The molecule has 1 fully saturated rings. The Labute approximate surface area is 166 Å². The molecule has 150 valence electrons. The van der Waals surface area contributed by atoms with Crippen LogP contribution in [0.5, 0.6) is 0 Å². The van der Waals surface area contributed by atoms with E-state index in [9.17, 15) is 9.18 Å². The van der Waals surface area contributed by atoms with E-state index in [-0.39, 0.29) is 11.7 Å². The molecule has 2 rings (SSSR count). The van der Waals surface area contributed by atoms with E-state index in [4.69, 9.17) is 4.99 Å². The predicted molar refractivity (Wildman–Crippen MR) is 111 cm³/mol. The number of hydrogen-bond donors (Lipinski definition) is 2. The van der Waals surface area contributed by atoms with Gasteiger partial charge in [-0.2, -0.15) is 0 Å². The Morgan fingerprint density at radius 2 is 2.00 bits per heavy atom. The maximum absolute atomic E-state index is 12.9. The summed E-state index contributed by atoms with van der Waals surface area (Å²) in [5.74, 6) is 2.34. The lowest BCUT2D eigenvalue weighted by atomic mass is 9.93. The highest BCUT2D eigenvalue weighted by Crippen LogP contribution is 2.21. The molecule has 27 heavy (non-hydrogen) atoms. The van der Waals surface area contributed by atoms with Crippen molar-refractivity contribution in [2.75, 3.05) is 39.0 Å². The molecule has 1 aliphatic heterocycles. The number of hydrogen-bond acceptors (Lipinski definition) is 3. The molecule has 1 aliphatic rings. The van der Waals surface area contributed by atoms with Crippen molar-refractivity contribution in [3.05, 3.63) is 30.1 Å². The SMILES string of the molecule is CCNC(=NCCCSc1ccc(F)cc1)N1CCC(CC(=O)NC)CC1. The van der Waals surface area contributed by atoms with Gasteiger partial charge < -0.3 is 15.5 Å². The first-order chi connectivity index (χ1) is 13.1. The topological polar surface area (TPSA) is 56.7 Å². The number of thioether (sulfide) groups is 1. The van der Waals surface area contributed by atoms with Crippen molar-refractivity contribution in [3.8, 4) is 0 Å². The van der Waals surface area contributed by atoms with Crippen LogP contribution in [0.15, 0.2) is 34.2 Å². The van der Waals surface area contributed by atoms with Gasteiger partial charge in [-0.15, -0.1) is 11.8 Å². The number of rotatable bonds is 8. The first-order valence-electron chi connectivity index (χ1n) is 9.74. The normalized spacial score (nSPS) is 15.7. The van der Waals surface area contributed by atoms with Crippen LogP contribution in [0, 0.1) is 11.7 Å². The zero-order chi connectivity index (χ0) is 19.5. The lowest BCUT2D eigenvalue weighted by Crippen LogP contribution is -2.46. The van der Waals surface area contributed by atoms with Crippen molar-refractivity contribution in [2.24, 2.45) is 10.9 Å². The monoisotopic (exact) mass is 394 g/mol. The van der Waals surface area contributed by atoms with Crippen LogP contribution in [0.2, 0.25) is 0 Å². The second-order valence-electron chi connectivity index (χ2n) is 6.70. The molecule has 1 aromatic rings. The minimum atomic E-state index is -0.196. The van der Waals surface area contributed by atoms with Gasteiger partial charge in [-0.3, -0.25) is 9.79 Å². The van der Waals surface area contributed by atoms with Crippen molar-refractivity contribution in [3.63, 3.8) is 0 Å². The van der Waals surface area contributed by atoms with Crippen LogP contribution < -0.4 is 10.6 Å². The largest absolute Gasteiger partial charge is 0.359 e. The molecule has 1 amide bonds. The van der Waals surface area contributed by atoms with Gasteiger partial charge in [0.15, 0.2) is 5.96 Å². The molecule has 0 aromatic heterocycles. The van der Waals surface area contributed by atoms with Crippen LogP contribution in [0.3, 0.4) is 0 Å². The lowest BCUT2D eigenvalue weighted by molar-refractivity contribution is -0.121. The summed E-state index contributed by atoms with van der Waals surface area (Å²) in [6, 6.07) is 6.63. The van der Waals surface area contributed by atoms with Gasteiger partial charge in [0, 0.05) is 44.5 Å². The molecule has 0 radical (unpaired) electrons. The average Bonchev–Trinajstić information content (AvgIpc) is 2.69. The summed E-state index contributed by atoms with van der Waals surface area (Å²) in [4.78, 5) is 19.7. The van der Waals surface area contributed by atoms with Crippen molar-refractivity contribution in [2.45, 2.75) is 37.5 Å². The van der Waals surface area contributed by atoms with E-state index in [2.05, 4.69) is 22.5 Å². The maximum Gasteiger partial charge on any atom is 0.220 e. The molecule has 0 bridgehead atoms. The number of aliphatic imine (C=N–C) groups is 1. The minimum Gasteiger partial charge on any atom is -0.359 e. The van der Waals surface area contributed by atoms with Crippen molar-refractivity contribution >= 4 is 23.6 Å². The molecule has 1 aromatic carbocycles. The zero-order valence-corrected chi connectivity index (χ0v) is 17.2. The molecule has 0 atom stereocenters. The fourth-order valence-corrected chi connectivity index (χ4v) is 3.95. The number of benzene rings is 1. The Balaban J connectivity index is 1.73. The Morgan fingerprint density at radius 3 is 2.63 bits per heavy atom. The minimum absolute atomic E-state index is 0.132. The van der Waals surface area contributed by atoms with E-state index in [1.807, 2.05) is 12.1 Å². The summed E-state index contributed by atoms with van der Waals surface area (Å²) in [6.07, 6.45) is 3.65. The molecule has 7 heteroatoms. The molecule has 5 nitrogen and oxygen atoms in total. The summed E-state index contributed by atoms with van der Waals surface area (Å²) in [5, 5.41) is 6.09. The van der Waals surface area contributed by atoms with Crippen LogP contribution in [-0.4, -0.2) is 55.7 Å². The fraction of sp³-hybridized carbons (Fsp3) is 0.600. The van der Waals surface area contributed by atoms with Gasteiger partial charge in [0.25, 0.3) is 0 Å². The molecule has 1 heterocycles. The average molecular weight is 395 g/mol. The zero-order valence-electron chi connectivity index (χ0n) is 16.3. The van der Waals surface area contributed by atoms with Gasteiger partial charge in [-0.05, 0) is 62.1 Å². The molecule has 2 N–H and O–H groups in total.